The molecule has 0 N–H and O–H groups in total. The Bertz CT molecular complexity index is 2050. The first kappa shape index (κ1) is 29.3. The number of hydrogen-bond donors (Lipinski definition) is 0. The number of aryl methyl sites for hydroxylation is 3. The molecular formula is C39H37N5O2. The summed E-state index contributed by atoms with van der Waals surface area (Å²) < 4.78 is 15.0. The van der Waals surface area contributed by atoms with Gasteiger partial charge in [-0.15, -0.1) is 10.2 Å². The number of nitrogens with zero attached hydrogens (tertiary/aromatic N) is 5. The van der Waals surface area contributed by atoms with Crippen molar-refractivity contribution < 1.29 is 9.47 Å². The average molecular weight is 608 g/mol. The lowest BCUT2D eigenvalue weighted by Gasteiger charge is -2.32. The van der Waals surface area contributed by atoms with Crippen LogP contribution >= 0.6 is 0 Å². The molecule has 4 aromatic carbocycles. The number of hydrogen-bond acceptors (Lipinski definition) is 6. The van der Waals surface area contributed by atoms with Crippen LogP contribution in [0.2, 0.25) is 0 Å². The first-order chi connectivity index (χ1) is 22.1. The molecule has 1 aliphatic heterocycles. The van der Waals surface area contributed by atoms with Crippen LogP contribution in [-0.2, 0) is 6.42 Å². The summed E-state index contributed by atoms with van der Waals surface area (Å²) in [6, 6.07) is 32.5. The molecule has 0 atom stereocenters. The van der Waals surface area contributed by atoms with Gasteiger partial charge in [0.1, 0.15) is 23.1 Å². The summed E-state index contributed by atoms with van der Waals surface area (Å²) in [6.07, 6.45) is 2.83. The number of aromatic nitrogens is 4. The third-order valence-electron chi connectivity index (χ3n) is 8.09. The molecule has 6 aromatic rings. The van der Waals surface area contributed by atoms with E-state index in [0.717, 1.165) is 69.1 Å². The minimum absolute atomic E-state index is 0.152. The number of rotatable bonds is 6. The topological polar surface area (TPSA) is 65.3 Å². The molecule has 2 aromatic heterocycles. The maximum absolute atomic E-state index is 6.51. The van der Waals surface area contributed by atoms with Crippen molar-refractivity contribution in [1.29, 1.82) is 0 Å². The van der Waals surface area contributed by atoms with Gasteiger partial charge in [0, 0.05) is 17.8 Å². The monoisotopic (exact) mass is 607 g/mol. The van der Waals surface area contributed by atoms with Gasteiger partial charge in [-0.1, -0.05) is 63.2 Å². The number of ether oxygens (including phenoxy) is 2. The smallest absolute Gasteiger partial charge is 0.168 e. The fourth-order valence-electron chi connectivity index (χ4n) is 6.16. The largest absolute Gasteiger partial charge is 0.457 e. The van der Waals surface area contributed by atoms with E-state index in [1.54, 1.807) is 0 Å². The quantitative estimate of drug-likeness (QED) is 0.187. The Labute approximate surface area is 270 Å². The molecular weight excluding hydrogens is 570 g/mol. The minimum atomic E-state index is 0.152. The first-order valence-electron chi connectivity index (χ1n) is 15.6. The van der Waals surface area contributed by atoms with Crippen LogP contribution in [0.25, 0.3) is 17.1 Å². The van der Waals surface area contributed by atoms with E-state index in [2.05, 4.69) is 90.7 Å². The molecule has 0 aliphatic carbocycles. The summed E-state index contributed by atoms with van der Waals surface area (Å²) in [5.41, 5.74) is 7.51. The Kier molecular flexibility index (Phi) is 7.32. The normalized spacial score (nSPS) is 12.3. The maximum Gasteiger partial charge on any atom is 0.168 e. The molecule has 3 heterocycles. The highest BCUT2D eigenvalue weighted by molar-refractivity contribution is 5.85. The van der Waals surface area contributed by atoms with Gasteiger partial charge < -0.3 is 9.47 Å². The summed E-state index contributed by atoms with van der Waals surface area (Å²) in [5.74, 6) is 5.32. The molecule has 1 aliphatic rings. The third-order valence-corrected chi connectivity index (χ3v) is 8.09. The van der Waals surface area contributed by atoms with E-state index in [9.17, 15) is 0 Å². The van der Waals surface area contributed by atoms with E-state index in [-0.39, 0.29) is 5.41 Å². The van der Waals surface area contributed by atoms with Crippen molar-refractivity contribution in [2.75, 3.05) is 4.90 Å². The van der Waals surface area contributed by atoms with Crippen molar-refractivity contribution in [2.45, 2.75) is 48.0 Å². The molecule has 0 bridgehead atoms. The Morgan fingerprint density at radius 3 is 2.26 bits per heavy atom. The van der Waals surface area contributed by atoms with E-state index in [0.29, 0.717) is 11.5 Å². The van der Waals surface area contributed by atoms with Crippen molar-refractivity contribution in [2.24, 2.45) is 5.41 Å². The van der Waals surface area contributed by atoms with Crippen LogP contribution in [0.4, 0.5) is 17.2 Å². The zero-order valence-corrected chi connectivity index (χ0v) is 27.1. The summed E-state index contributed by atoms with van der Waals surface area (Å²) in [7, 11) is 0. The number of benzene rings is 4. The van der Waals surface area contributed by atoms with Crippen LogP contribution in [0.15, 0.2) is 103 Å². The summed E-state index contributed by atoms with van der Waals surface area (Å²) >= 11 is 0. The Morgan fingerprint density at radius 1 is 0.717 bits per heavy atom. The second kappa shape index (κ2) is 11.5. The van der Waals surface area contributed by atoms with Crippen LogP contribution < -0.4 is 14.4 Å². The second-order valence-electron chi connectivity index (χ2n) is 13.1. The predicted octanol–water partition coefficient (Wildman–Crippen LogP) is 10.2. The Balaban J connectivity index is 1.25. The molecule has 230 valence electrons. The van der Waals surface area contributed by atoms with Gasteiger partial charge in [-0.05, 0) is 97.8 Å². The van der Waals surface area contributed by atoms with Gasteiger partial charge >= 0.3 is 0 Å². The molecule has 0 spiro atoms. The highest BCUT2D eigenvalue weighted by atomic mass is 16.5. The maximum atomic E-state index is 6.51. The number of para-hydroxylation sites is 3. The third kappa shape index (κ3) is 5.60. The van der Waals surface area contributed by atoms with Crippen LogP contribution in [0.3, 0.4) is 0 Å². The Morgan fingerprint density at radius 2 is 1.46 bits per heavy atom. The molecule has 0 unspecified atom stereocenters. The summed E-state index contributed by atoms with van der Waals surface area (Å²) in [5, 5.41) is 9.01. The molecule has 7 nitrogen and oxygen atoms in total. The molecule has 0 amide bonds. The van der Waals surface area contributed by atoms with E-state index < -0.39 is 0 Å². The zero-order chi connectivity index (χ0) is 32.0. The van der Waals surface area contributed by atoms with Crippen LogP contribution in [0.1, 0.15) is 43.3 Å². The SMILES string of the molecule is Cc1cccc(C)c1-n1c(C)nnc1-c1cccc(Oc2ccc3c(c2)N(c2cc(CC(C)(C)C)ccn2)c2ccccc2O3)c1. The molecule has 7 heteroatoms. The second-order valence-corrected chi connectivity index (χ2v) is 13.1. The molecule has 0 fully saturated rings. The lowest BCUT2D eigenvalue weighted by Crippen LogP contribution is -2.17. The van der Waals surface area contributed by atoms with Crippen LogP contribution in [0.5, 0.6) is 23.0 Å². The highest BCUT2D eigenvalue weighted by Crippen LogP contribution is 2.51. The molecule has 0 saturated heterocycles. The molecule has 7 rings (SSSR count). The average Bonchev–Trinajstić information content (AvgIpc) is 3.40. The fraction of sp³-hybridized carbons (Fsp3) is 0.205. The van der Waals surface area contributed by atoms with Crippen LogP contribution in [0, 0.1) is 26.2 Å². The van der Waals surface area contributed by atoms with Gasteiger partial charge in [0.2, 0.25) is 0 Å². The lowest BCUT2D eigenvalue weighted by atomic mass is 9.88. The molecule has 46 heavy (non-hydrogen) atoms. The van der Waals surface area contributed by atoms with Crippen molar-refractivity contribution >= 4 is 17.2 Å². The van der Waals surface area contributed by atoms with Crippen LogP contribution in [-0.4, -0.2) is 19.7 Å². The minimum Gasteiger partial charge on any atom is -0.457 e. The zero-order valence-electron chi connectivity index (χ0n) is 27.1. The van der Waals surface area contributed by atoms with Crippen molar-refractivity contribution in [1.82, 2.24) is 19.7 Å². The van der Waals surface area contributed by atoms with E-state index in [1.807, 2.05) is 73.8 Å². The number of anilines is 3. The van der Waals surface area contributed by atoms with Gasteiger partial charge in [-0.25, -0.2) is 4.98 Å². The standard InChI is InChI=1S/C39H37N5O2/c1-25-11-9-12-26(2)37(25)43-27(3)41-42-38(43)29-13-10-14-30(22-29)45-31-17-18-35-33(23-31)44(32-15-7-8-16-34(32)46-35)36-21-28(19-20-40-36)24-39(4,5)6/h7-23H,24H2,1-6H3. The van der Waals surface area contributed by atoms with Crippen molar-refractivity contribution in [3.8, 4) is 40.1 Å². The van der Waals surface area contributed by atoms with Gasteiger partial charge in [-0.2, -0.15) is 0 Å². The summed E-state index contributed by atoms with van der Waals surface area (Å²) in [4.78, 5) is 6.96. The fourth-order valence-corrected chi connectivity index (χ4v) is 6.16. The molecule has 0 saturated carbocycles. The van der Waals surface area contributed by atoms with Gasteiger partial charge in [0.15, 0.2) is 17.3 Å². The number of pyridine rings is 1. The lowest BCUT2D eigenvalue weighted by molar-refractivity contribution is 0.411. The van der Waals surface area contributed by atoms with E-state index in [4.69, 9.17) is 14.5 Å². The van der Waals surface area contributed by atoms with E-state index >= 15 is 0 Å². The Hall–Kier alpha value is -5.43. The molecule has 0 radical (unpaired) electrons. The van der Waals surface area contributed by atoms with Crippen molar-refractivity contribution in [3.05, 3.63) is 126 Å². The summed E-state index contributed by atoms with van der Waals surface area (Å²) in [6.45, 7) is 13.0. The number of fused-ring (bicyclic) bond motifs is 2. The van der Waals surface area contributed by atoms with Gasteiger partial charge in [0.25, 0.3) is 0 Å². The van der Waals surface area contributed by atoms with Gasteiger partial charge in [0.05, 0.1) is 17.1 Å². The highest BCUT2D eigenvalue weighted by Gasteiger charge is 2.28. The van der Waals surface area contributed by atoms with Crippen molar-refractivity contribution in [3.63, 3.8) is 0 Å². The predicted molar refractivity (Wildman–Crippen MR) is 183 cm³/mol. The van der Waals surface area contributed by atoms with Gasteiger partial charge in [-0.3, -0.25) is 9.47 Å². The first-order valence-corrected chi connectivity index (χ1v) is 15.6. The van der Waals surface area contributed by atoms with E-state index in [1.165, 1.54) is 5.56 Å².